The summed E-state index contributed by atoms with van der Waals surface area (Å²) in [5.41, 5.74) is 1.13. The summed E-state index contributed by atoms with van der Waals surface area (Å²) in [5, 5.41) is 15.8. The van der Waals surface area contributed by atoms with Crippen LogP contribution in [0.5, 0.6) is 0 Å². The highest BCUT2D eigenvalue weighted by Crippen LogP contribution is 2.25. The molecule has 1 aromatic rings. The summed E-state index contributed by atoms with van der Waals surface area (Å²) in [5.74, 6) is -1.51. The van der Waals surface area contributed by atoms with E-state index in [1.54, 1.807) is 18.2 Å². The summed E-state index contributed by atoms with van der Waals surface area (Å²) in [7, 11) is 0. The predicted octanol–water partition coefficient (Wildman–Crippen LogP) is 2.78. The second-order valence-electron chi connectivity index (χ2n) is 7.08. The fourth-order valence-electron chi connectivity index (χ4n) is 3.42. The Labute approximate surface area is 165 Å². The van der Waals surface area contributed by atoms with Gasteiger partial charge in [0.25, 0.3) is 0 Å². The van der Waals surface area contributed by atoms with Crippen molar-refractivity contribution in [1.82, 2.24) is 10.6 Å². The van der Waals surface area contributed by atoms with Gasteiger partial charge in [-0.2, -0.15) is 0 Å². The second-order valence-corrected chi connectivity index (χ2v) is 7.08. The van der Waals surface area contributed by atoms with Gasteiger partial charge in [0.2, 0.25) is 5.91 Å². The summed E-state index contributed by atoms with van der Waals surface area (Å²) in [6, 6.07) is 5.37. The number of nitrogens with one attached hydrogen (secondary N) is 2. The third-order valence-corrected chi connectivity index (χ3v) is 4.98. The number of hydrogen-bond donors (Lipinski definition) is 3. The van der Waals surface area contributed by atoms with Crippen LogP contribution in [0.3, 0.4) is 0 Å². The first-order chi connectivity index (χ1) is 13.3. The number of carbonyl (C=O) groups excluding carboxylic acids is 1. The Hall–Kier alpha value is -2.25. The first-order valence-electron chi connectivity index (χ1n) is 9.68. The maximum absolute atomic E-state index is 13.1. The molecule has 0 fully saturated rings. The van der Waals surface area contributed by atoms with E-state index in [2.05, 4.69) is 10.6 Å². The van der Waals surface area contributed by atoms with Gasteiger partial charge in [-0.15, -0.1) is 0 Å². The van der Waals surface area contributed by atoms with Gasteiger partial charge in [-0.05, 0) is 43.0 Å². The van der Waals surface area contributed by atoms with Gasteiger partial charge in [0.15, 0.2) is 0 Å². The van der Waals surface area contributed by atoms with Gasteiger partial charge >= 0.3 is 5.97 Å². The smallest absolute Gasteiger partial charge is 0.331 e. The highest BCUT2D eigenvalue weighted by atomic mass is 19.1. The van der Waals surface area contributed by atoms with Crippen molar-refractivity contribution in [3.05, 3.63) is 47.3 Å². The lowest BCUT2D eigenvalue weighted by atomic mass is 9.87. The molecule has 7 heteroatoms. The quantitative estimate of drug-likeness (QED) is 0.602. The maximum atomic E-state index is 13.1. The van der Waals surface area contributed by atoms with Crippen LogP contribution in [0.15, 0.2) is 35.9 Å². The third-order valence-electron chi connectivity index (χ3n) is 4.98. The van der Waals surface area contributed by atoms with Crippen LogP contribution in [-0.2, 0) is 20.9 Å². The molecule has 0 unspecified atom stereocenters. The SMILES string of the molecule is CCC(CC)O[C@@H]1C=C(C(=O)O)C[C@H](NCc2ccc(F)cc2)[C@H]1NC(C)=O. The average molecular weight is 392 g/mol. The highest BCUT2D eigenvalue weighted by molar-refractivity contribution is 5.87. The number of benzene rings is 1. The number of carbonyl (C=O) groups is 2. The monoisotopic (exact) mass is 392 g/mol. The largest absolute Gasteiger partial charge is 0.478 e. The van der Waals surface area contributed by atoms with Gasteiger partial charge in [-0.25, -0.2) is 9.18 Å². The maximum Gasteiger partial charge on any atom is 0.331 e. The zero-order chi connectivity index (χ0) is 20.7. The Morgan fingerprint density at radius 3 is 2.43 bits per heavy atom. The lowest BCUT2D eigenvalue weighted by molar-refractivity contribution is -0.133. The first kappa shape index (κ1) is 22.0. The molecule has 3 atom stereocenters. The zero-order valence-corrected chi connectivity index (χ0v) is 16.6. The summed E-state index contributed by atoms with van der Waals surface area (Å²) < 4.78 is 19.2. The molecule has 1 aromatic carbocycles. The molecule has 0 heterocycles. The van der Waals surface area contributed by atoms with Crippen LogP contribution in [-0.4, -0.2) is 41.3 Å². The van der Waals surface area contributed by atoms with E-state index < -0.39 is 18.1 Å². The molecule has 0 spiro atoms. The molecule has 0 saturated carbocycles. The number of halogens is 1. The minimum atomic E-state index is -0.993. The molecule has 3 N–H and O–H groups in total. The van der Waals surface area contributed by atoms with E-state index in [1.165, 1.54) is 19.1 Å². The first-order valence-corrected chi connectivity index (χ1v) is 9.68. The standard InChI is InChI=1S/C21H29FN2O4/c1-4-17(5-2)28-19-11-15(21(26)27)10-18(20(19)24-13(3)25)23-12-14-6-8-16(22)9-7-14/h6-9,11,17-20,23H,4-5,10,12H2,1-3H3,(H,24,25)(H,26,27)/t18-,19+,20+/m0/s1. The fourth-order valence-corrected chi connectivity index (χ4v) is 3.42. The Bertz CT molecular complexity index is 701. The third kappa shape index (κ3) is 6.14. The van der Waals surface area contributed by atoms with Crippen molar-refractivity contribution < 1.29 is 23.8 Å². The van der Waals surface area contributed by atoms with E-state index in [0.29, 0.717) is 6.54 Å². The molecule has 1 amide bonds. The Kier molecular flexibility index (Phi) is 8.14. The number of amides is 1. The molecule has 6 nitrogen and oxygen atoms in total. The van der Waals surface area contributed by atoms with Crippen LogP contribution in [0.1, 0.15) is 45.6 Å². The molecule has 0 saturated heterocycles. The van der Waals surface area contributed by atoms with E-state index in [1.807, 2.05) is 13.8 Å². The van der Waals surface area contributed by atoms with Gasteiger partial charge < -0.3 is 20.5 Å². The number of aliphatic carboxylic acids is 1. The van der Waals surface area contributed by atoms with E-state index >= 15 is 0 Å². The minimum Gasteiger partial charge on any atom is -0.478 e. The molecule has 0 aliphatic heterocycles. The predicted molar refractivity (Wildman–Crippen MR) is 104 cm³/mol. The number of hydrogen-bond acceptors (Lipinski definition) is 4. The molecule has 1 aliphatic carbocycles. The van der Waals surface area contributed by atoms with Crippen LogP contribution < -0.4 is 10.6 Å². The summed E-state index contributed by atoms with van der Waals surface area (Å²) in [6.45, 7) is 5.88. The number of carboxylic acid groups (broad SMARTS) is 1. The van der Waals surface area contributed by atoms with Crippen molar-refractivity contribution in [3.8, 4) is 0 Å². The van der Waals surface area contributed by atoms with Gasteiger partial charge in [-0.3, -0.25) is 4.79 Å². The Morgan fingerprint density at radius 2 is 1.89 bits per heavy atom. The topological polar surface area (TPSA) is 87.7 Å². The van der Waals surface area contributed by atoms with Gasteiger partial charge in [0.05, 0.1) is 18.2 Å². The van der Waals surface area contributed by atoms with Crippen molar-refractivity contribution >= 4 is 11.9 Å². The summed E-state index contributed by atoms with van der Waals surface area (Å²) >= 11 is 0. The van der Waals surface area contributed by atoms with Crippen molar-refractivity contribution in [1.29, 1.82) is 0 Å². The molecule has 0 bridgehead atoms. The van der Waals surface area contributed by atoms with Gasteiger partial charge in [-0.1, -0.05) is 26.0 Å². The molecule has 1 aliphatic rings. The Morgan fingerprint density at radius 1 is 1.25 bits per heavy atom. The summed E-state index contributed by atoms with van der Waals surface area (Å²) in [4.78, 5) is 23.4. The summed E-state index contributed by atoms with van der Waals surface area (Å²) in [6.07, 6.45) is 2.89. The lowest BCUT2D eigenvalue weighted by Gasteiger charge is -2.38. The van der Waals surface area contributed by atoms with Crippen LogP contribution in [0.25, 0.3) is 0 Å². The molecule has 154 valence electrons. The van der Waals surface area contributed by atoms with Gasteiger partial charge in [0.1, 0.15) is 5.82 Å². The van der Waals surface area contributed by atoms with E-state index in [4.69, 9.17) is 4.74 Å². The van der Waals surface area contributed by atoms with E-state index in [-0.39, 0.29) is 35.9 Å². The molecule has 0 radical (unpaired) electrons. The molecular weight excluding hydrogens is 363 g/mol. The van der Waals surface area contributed by atoms with Gasteiger partial charge in [0, 0.05) is 25.1 Å². The molecular formula is C21H29FN2O4. The molecule has 2 rings (SSSR count). The van der Waals surface area contributed by atoms with Crippen molar-refractivity contribution in [2.45, 2.75) is 70.9 Å². The average Bonchev–Trinajstić information content (AvgIpc) is 2.66. The van der Waals surface area contributed by atoms with Crippen molar-refractivity contribution in [2.24, 2.45) is 0 Å². The van der Waals surface area contributed by atoms with Crippen molar-refractivity contribution in [2.75, 3.05) is 0 Å². The van der Waals surface area contributed by atoms with E-state index in [9.17, 15) is 19.1 Å². The second kappa shape index (κ2) is 10.3. The molecule has 0 aromatic heterocycles. The highest BCUT2D eigenvalue weighted by Gasteiger charge is 2.37. The fraction of sp³-hybridized carbons (Fsp3) is 0.524. The number of carboxylic acids is 1. The normalized spacial score (nSPS) is 22.0. The lowest BCUT2D eigenvalue weighted by Crippen LogP contribution is -2.58. The minimum absolute atomic E-state index is 0.0246. The van der Waals surface area contributed by atoms with Crippen LogP contribution in [0.4, 0.5) is 4.39 Å². The van der Waals surface area contributed by atoms with Crippen LogP contribution >= 0.6 is 0 Å². The van der Waals surface area contributed by atoms with E-state index in [0.717, 1.165) is 18.4 Å². The van der Waals surface area contributed by atoms with Crippen LogP contribution in [0.2, 0.25) is 0 Å². The molecule has 28 heavy (non-hydrogen) atoms. The van der Waals surface area contributed by atoms with Crippen molar-refractivity contribution in [3.63, 3.8) is 0 Å². The van der Waals surface area contributed by atoms with Crippen LogP contribution in [0, 0.1) is 5.82 Å². The number of rotatable bonds is 9. The number of ether oxygens (including phenoxy) is 1. The zero-order valence-electron chi connectivity index (χ0n) is 16.6. The Balaban J connectivity index is 2.23.